The molecule has 0 amide bonds. The minimum Gasteiger partial charge on any atom is -0.254 e. The normalized spacial score (nSPS) is 18.0. The molecule has 0 spiro atoms. The van der Waals surface area contributed by atoms with Crippen LogP contribution in [0.25, 0.3) is 0 Å². The molecule has 10 heteroatoms. The van der Waals surface area contributed by atoms with Crippen molar-refractivity contribution in [1.29, 1.82) is 0 Å². The van der Waals surface area contributed by atoms with Gasteiger partial charge in [0.15, 0.2) is 6.56 Å². The maximum absolute atomic E-state index is 11.6. The van der Waals surface area contributed by atoms with E-state index in [4.69, 9.17) is 2.74 Å². The molecule has 0 rings (SSSR count). The quantitative estimate of drug-likeness (QED) is 0.412. The van der Waals surface area contributed by atoms with Gasteiger partial charge in [-0.1, -0.05) is 0 Å². The van der Waals surface area contributed by atoms with Gasteiger partial charge in [0.25, 0.3) is 0 Å². The van der Waals surface area contributed by atoms with Crippen LogP contribution in [-0.2, 0) is 14.3 Å². The highest BCUT2D eigenvalue weighted by atomic mass is 32.2. The molecule has 0 aromatic rings. The van der Waals surface area contributed by atoms with Gasteiger partial charge in [0.1, 0.15) is 0 Å². The number of rotatable bonds is 2. The number of hydrogen-bond acceptors (Lipinski definition) is 3. The maximum atomic E-state index is 11.6. The third kappa shape index (κ3) is 4.31. The third-order valence-corrected chi connectivity index (χ3v) is 1.42. The zero-order valence-corrected chi connectivity index (χ0v) is 6.22. The van der Waals surface area contributed by atoms with E-state index in [9.17, 15) is 34.8 Å². The molecule has 0 aromatic carbocycles. The molecule has 0 saturated carbocycles. The minimum absolute atomic E-state index is 2.41. The lowest BCUT2D eigenvalue weighted by atomic mass is 10.7. The molecule has 0 atom stereocenters. The molecule has 0 aliphatic carbocycles. The van der Waals surface area contributed by atoms with E-state index in [0.717, 1.165) is 0 Å². The van der Waals surface area contributed by atoms with E-state index in [2.05, 4.69) is 4.18 Å². The van der Waals surface area contributed by atoms with Gasteiger partial charge in [-0.25, -0.2) is 0 Å². The second-order valence-corrected chi connectivity index (χ2v) is 3.12. The Kier molecular flexibility index (Phi) is 2.32. The van der Waals surface area contributed by atoms with Gasteiger partial charge in [-0.2, -0.15) is 34.8 Å². The van der Waals surface area contributed by atoms with Crippen molar-refractivity contribution < 1.29 is 41.7 Å². The molecule has 0 bridgehead atoms. The van der Waals surface area contributed by atoms with Crippen molar-refractivity contribution in [2.45, 2.75) is 11.7 Å². The first-order valence-electron chi connectivity index (χ1n) is 3.29. The Morgan fingerprint density at radius 3 is 1.77 bits per heavy atom. The van der Waals surface area contributed by atoms with Gasteiger partial charge < -0.3 is 0 Å². The van der Waals surface area contributed by atoms with E-state index in [1.54, 1.807) is 0 Å². The van der Waals surface area contributed by atoms with Crippen molar-refractivity contribution >= 4 is 10.1 Å². The summed E-state index contributed by atoms with van der Waals surface area (Å²) in [7, 11) is -6.63. The lowest BCUT2D eigenvalue weighted by molar-refractivity contribution is -0.156. The first kappa shape index (κ1) is 9.06. The van der Waals surface area contributed by atoms with Crippen LogP contribution < -0.4 is 0 Å². The molecule has 0 aliphatic heterocycles. The number of hydrogen-bond donors (Lipinski definition) is 0. The molecule has 3 nitrogen and oxygen atoms in total. The van der Waals surface area contributed by atoms with E-state index in [-0.39, 0.29) is 0 Å². The molecule has 0 unspecified atom stereocenters. The fraction of sp³-hybridized carbons (Fsp3) is 1.00. The predicted molar refractivity (Wildman–Crippen MR) is 27.0 cm³/mol. The minimum atomic E-state index is -6.63. The van der Waals surface area contributed by atoms with E-state index < -0.39 is 28.4 Å². The van der Waals surface area contributed by atoms with Crippen molar-refractivity contribution in [2.24, 2.45) is 0 Å². The highest BCUT2D eigenvalue weighted by Gasteiger charge is 2.49. The monoisotopic (exact) mass is 234 g/mol. The molecule has 0 radical (unpaired) electrons. The largest absolute Gasteiger partial charge is 0.523 e. The summed E-state index contributed by atoms with van der Waals surface area (Å²) in [6.45, 7) is -4.93. The predicted octanol–water partition coefficient (Wildman–Crippen LogP) is 1.41. The van der Waals surface area contributed by atoms with E-state index >= 15 is 0 Å². The molecule has 13 heavy (non-hydrogen) atoms. The van der Waals surface area contributed by atoms with Crippen molar-refractivity contribution in [3.05, 3.63) is 0 Å². The summed E-state index contributed by atoms with van der Waals surface area (Å²) in [5.74, 6) is 0. The zero-order valence-electron chi connectivity index (χ0n) is 7.40. The summed E-state index contributed by atoms with van der Waals surface area (Å²) in [5.41, 5.74) is -6.12. The summed E-state index contributed by atoms with van der Waals surface area (Å²) in [4.78, 5) is 0. The second-order valence-electron chi connectivity index (χ2n) is 1.58. The molecule has 0 heterocycles. The molecule has 0 fully saturated rings. The third-order valence-electron chi connectivity index (χ3n) is 0.551. The van der Waals surface area contributed by atoms with Crippen LogP contribution in [0.4, 0.5) is 26.3 Å². The molecule has 0 N–H and O–H groups in total. The van der Waals surface area contributed by atoms with E-state index in [1.165, 1.54) is 0 Å². The van der Waals surface area contributed by atoms with Crippen LogP contribution in [0.2, 0.25) is 0 Å². The highest BCUT2D eigenvalue weighted by Crippen LogP contribution is 2.26. The summed E-state index contributed by atoms with van der Waals surface area (Å²) in [6, 6.07) is 0. The van der Waals surface area contributed by atoms with Crippen molar-refractivity contribution in [2.75, 3.05) is 6.56 Å². The molecule has 0 aromatic heterocycles. The molecular formula is C3H2F6O3S. The van der Waals surface area contributed by atoms with Gasteiger partial charge in [-0.05, 0) is 0 Å². The zero-order chi connectivity index (χ0) is 12.7. The van der Waals surface area contributed by atoms with Crippen LogP contribution in [-0.4, -0.2) is 26.7 Å². The topological polar surface area (TPSA) is 43.4 Å². The molecule has 0 aliphatic rings. The average Bonchev–Trinajstić information content (AvgIpc) is 1.77. The lowest BCUT2D eigenvalue weighted by Gasteiger charge is -2.09. The maximum Gasteiger partial charge on any atom is 0.523 e. The van der Waals surface area contributed by atoms with Crippen molar-refractivity contribution in [3.8, 4) is 0 Å². The van der Waals surface area contributed by atoms with E-state index in [0.29, 0.717) is 0 Å². The van der Waals surface area contributed by atoms with Crippen LogP contribution in [0.15, 0.2) is 0 Å². The number of alkyl halides is 6. The summed E-state index contributed by atoms with van der Waals surface area (Å²) in [6.07, 6.45) is -5.90. The first-order valence-corrected chi connectivity index (χ1v) is 3.70. The Balaban J connectivity index is 5.08. The Bertz CT molecular complexity index is 329. The smallest absolute Gasteiger partial charge is 0.254 e. The Morgan fingerprint density at radius 2 is 1.54 bits per heavy atom. The lowest BCUT2D eigenvalue weighted by Crippen LogP contribution is -2.29. The van der Waals surface area contributed by atoms with Crippen LogP contribution in [0, 0.1) is 0 Å². The summed E-state index contributed by atoms with van der Waals surface area (Å²) in [5, 5.41) is 0. The van der Waals surface area contributed by atoms with E-state index in [1.807, 2.05) is 0 Å². The molecule has 0 saturated heterocycles. The van der Waals surface area contributed by atoms with Gasteiger partial charge in [0, 0.05) is 0 Å². The van der Waals surface area contributed by atoms with Gasteiger partial charge in [-0.3, -0.25) is 4.18 Å². The van der Waals surface area contributed by atoms with Crippen molar-refractivity contribution in [3.63, 3.8) is 0 Å². The first-order chi connectivity index (χ1) is 6.21. The van der Waals surface area contributed by atoms with Gasteiger partial charge >= 0.3 is 21.8 Å². The Labute approximate surface area is 71.2 Å². The summed E-state index contributed by atoms with van der Waals surface area (Å²) >= 11 is 0. The van der Waals surface area contributed by atoms with Crippen LogP contribution >= 0.6 is 0 Å². The molecular weight excluding hydrogens is 230 g/mol. The fourth-order valence-electron chi connectivity index (χ4n) is 0.149. The van der Waals surface area contributed by atoms with Crippen LogP contribution in [0.1, 0.15) is 2.74 Å². The standard InChI is InChI=1S/C3H2F6O3S/c4-2(5,6)1-12-13(10,11)3(7,8)9/h1H2/i1D2. The Morgan fingerprint density at radius 1 is 1.15 bits per heavy atom. The van der Waals surface area contributed by atoms with Gasteiger partial charge in [0.2, 0.25) is 0 Å². The fourth-order valence-corrected chi connectivity index (χ4v) is 0.448. The molecule has 80 valence electrons. The van der Waals surface area contributed by atoms with Gasteiger partial charge in [0.05, 0.1) is 2.74 Å². The number of halogens is 6. The summed E-state index contributed by atoms with van der Waals surface area (Å²) < 4.78 is 104. The van der Waals surface area contributed by atoms with Crippen LogP contribution in [0.5, 0.6) is 0 Å². The Hall–Kier alpha value is -0.510. The second kappa shape index (κ2) is 3.33. The SMILES string of the molecule is [2H]C([2H])(OS(=O)(=O)C(F)(F)F)C(F)(F)F. The van der Waals surface area contributed by atoms with Crippen LogP contribution in [0.3, 0.4) is 0 Å². The van der Waals surface area contributed by atoms with Crippen molar-refractivity contribution in [1.82, 2.24) is 0 Å². The average molecular weight is 234 g/mol. The van der Waals surface area contributed by atoms with Gasteiger partial charge in [-0.15, -0.1) is 0 Å². The highest BCUT2D eigenvalue weighted by molar-refractivity contribution is 7.87.